The third kappa shape index (κ3) is 3.19. The molecule has 0 radical (unpaired) electrons. The quantitative estimate of drug-likeness (QED) is 0.427. The maximum atomic E-state index is 12.3. The average Bonchev–Trinajstić information content (AvgIpc) is 2.50. The van der Waals surface area contributed by atoms with Crippen LogP contribution in [0.1, 0.15) is 60.8 Å². The zero-order valence-electron chi connectivity index (χ0n) is 15.2. The largest absolute Gasteiger partial charge is 0.458 e. The summed E-state index contributed by atoms with van der Waals surface area (Å²) in [4.78, 5) is 24.4. The Bertz CT molecular complexity index is 617. The number of Topliss-reactive ketones (excluding diaryl/α,β-unsaturated/α-hetero) is 1. The lowest BCUT2D eigenvalue weighted by Crippen LogP contribution is -2.44. The SMILES string of the molecule is CC=C(C)C(=O)OC1CC=C2CC(=O)C(=C(C)C)CC2(C)C1C. The molecule has 1 saturated carbocycles. The number of allylic oxidation sites excluding steroid dienone is 4. The van der Waals surface area contributed by atoms with E-state index in [1.165, 1.54) is 5.57 Å². The number of fused-ring (bicyclic) bond motifs is 1. The third-order valence-corrected chi connectivity index (χ3v) is 5.74. The van der Waals surface area contributed by atoms with Gasteiger partial charge in [-0.3, -0.25) is 4.79 Å². The molecule has 2 aliphatic rings. The molecule has 0 spiro atoms. The summed E-state index contributed by atoms with van der Waals surface area (Å²) < 4.78 is 5.74. The third-order valence-electron chi connectivity index (χ3n) is 5.74. The molecule has 0 aliphatic heterocycles. The Morgan fingerprint density at radius 1 is 1.35 bits per heavy atom. The fourth-order valence-corrected chi connectivity index (χ4v) is 3.65. The van der Waals surface area contributed by atoms with E-state index in [2.05, 4.69) is 19.9 Å². The summed E-state index contributed by atoms with van der Waals surface area (Å²) in [6, 6.07) is 0. The number of esters is 1. The van der Waals surface area contributed by atoms with Crippen molar-refractivity contribution in [1.82, 2.24) is 0 Å². The van der Waals surface area contributed by atoms with Crippen LogP contribution >= 0.6 is 0 Å². The molecule has 0 bridgehead atoms. The molecule has 0 aromatic carbocycles. The van der Waals surface area contributed by atoms with Crippen molar-refractivity contribution in [1.29, 1.82) is 0 Å². The van der Waals surface area contributed by atoms with E-state index in [1.807, 2.05) is 20.8 Å². The first kappa shape index (κ1) is 17.7. The number of carbonyl (C=O) groups excluding carboxylic acids is 2. The maximum absolute atomic E-state index is 12.3. The summed E-state index contributed by atoms with van der Waals surface area (Å²) in [5, 5.41) is 0. The Labute approximate surface area is 139 Å². The highest BCUT2D eigenvalue weighted by atomic mass is 16.5. The molecule has 3 nitrogen and oxygen atoms in total. The highest BCUT2D eigenvalue weighted by Gasteiger charge is 2.47. The van der Waals surface area contributed by atoms with Gasteiger partial charge in [0.05, 0.1) is 0 Å². The number of rotatable bonds is 2. The van der Waals surface area contributed by atoms with Gasteiger partial charge in [0.2, 0.25) is 0 Å². The van der Waals surface area contributed by atoms with Crippen LogP contribution in [0.3, 0.4) is 0 Å². The predicted molar refractivity (Wildman–Crippen MR) is 91.9 cm³/mol. The second-order valence-corrected chi connectivity index (χ2v) is 7.34. The molecular formula is C20H28O3. The number of ether oxygens (including phenoxy) is 1. The van der Waals surface area contributed by atoms with E-state index < -0.39 is 0 Å². The van der Waals surface area contributed by atoms with Gasteiger partial charge < -0.3 is 4.74 Å². The topological polar surface area (TPSA) is 43.4 Å². The van der Waals surface area contributed by atoms with Gasteiger partial charge in [-0.2, -0.15) is 0 Å². The van der Waals surface area contributed by atoms with Crippen molar-refractivity contribution >= 4 is 11.8 Å². The Morgan fingerprint density at radius 2 is 2.00 bits per heavy atom. The minimum Gasteiger partial charge on any atom is -0.458 e. The zero-order valence-corrected chi connectivity index (χ0v) is 15.2. The minimum absolute atomic E-state index is 0.104. The van der Waals surface area contributed by atoms with Crippen LogP contribution in [0.4, 0.5) is 0 Å². The van der Waals surface area contributed by atoms with E-state index in [4.69, 9.17) is 4.74 Å². The van der Waals surface area contributed by atoms with E-state index in [0.717, 1.165) is 17.6 Å². The van der Waals surface area contributed by atoms with Crippen molar-refractivity contribution in [3.05, 3.63) is 34.4 Å². The van der Waals surface area contributed by atoms with Crippen molar-refractivity contribution in [2.24, 2.45) is 11.3 Å². The Hall–Kier alpha value is -1.64. The molecule has 23 heavy (non-hydrogen) atoms. The maximum Gasteiger partial charge on any atom is 0.333 e. The molecule has 3 unspecified atom stereocenters. The first-order valence-corrected chi connectivity index (χ1v) is 8.43. The fourth-order valence-electron chi connectivity index (χ4n) is 3.65. The second kappa shape index (κ2) is 6.46. The average molecular weight is 316 g/mol. The predicted octanol–water partition coefficient (Wildman–Crippen LogP) is 4.54. The van der Waals surface area contributed by atoms with Gasteiger partial charge in [0.15, 0.2) is 5.78 Å². The van der Waals surface area contributed by atoms with Gasteiger partial charge >= 0.3 is 5.97 Å². The van der Waals surface area contributed by atoms with Crippen molar-refractivity contribution in [2.75, 3.05) is 0 Å². The summed E-state index contributed by atoms with van der Waals surface area (Å²) in [6.07, 6.45) is 5.74. The molecule has 0 saturated heterocycles. The molecular weight excluding hydrogens is 288 g/mol. The van der Waals surface area contributed by atoms with Gasteiger partial charge in [-0.05, 0) is 45.1 Å². The van der Waals surface area contributed by atoms with Crippen molar-refractivity contribution in [3.8, 4) is 0 Å². The Kier molecular flexibility index (Phi) is 4.98. The number of ketones is 1. The molecule has 3 atom stereocenters. The van der Waals surface area contributed by atoms with E-state index in [1.54, 1.807) is 13.0 Å². The summed E-state index contributed by atoms with van der Waals surface area (Å²) in [7, 11) is 0. The van der Waals surface area contributed by atoms with Gasteiger partial charge in [-0.15, -0.1) is 0 Å². The lowest BCUT2D eigenvalue weighted by Gasteiger charge is -2.47. The second-order valence-electron chi connectivity index (χ2n) is 7.34. The highest BCUT2D eigenvalue weighted by Crippen LogP contribution is 2.52. The minimum atomic E-state index is -0.237. The van der Waals surface area contributed by atoms with E-state index in [-0.39, 0.29) is 29.2 Å². The normalized spacial score (nSPS) is 31.4. The molecule has 0 amide bonds. The van der Waals surface area contributed by atoms with Crippen LogP contribution < -0.4 is 0 Å². The molecule has 3 heteroatoms. The van der Waals surface area contributed by atoms with E-state index >= 15 is 0 Å². The van der Waals surface area contributed by atoms with Gasteiger partial charge in [0, 0.05) is 24.3 Å². The monoisotopic (exact) mass is 316 g/mol. The first-order chi connectivity index (χ1) is 10.7. The summed E-state index contributed by atoms with van der Waals surface area (Å²) in [6.45, 7) is 12.0. The lowest BCUT2D eigenvalue weighted by atomic mass is 9.58. The lowest BCUT2D eigenvalue weighted by molar-refractivity contribution is -0.149. The molecule has 0 N–H and O–H groups in total. The molecule has 126 valence electrons. The molecule has 2 aliphatic carbocycles. The molecule has 0 heterocycles. The smallest absolute Gasteiger partial charge is 0.333 e. The van der Waals surface area contributed by atoms with Gasteiger partial charge in [-0.25, -0.2) is 4.79 Å². The van der Waals surface area contributed by atoms with Gasteiger partial charge in [0.25, 0.3) is 0 Å². The number of hydrogen-bond donors (Lipinski definition) is 0. The highest BCUT2D eigenvalue weighted by molar-refractivity contribution is 5.99. The standard InChI is InChI=1S/C20H28O3/c1-7-13(4)19(22)23-18-9-8-15-10-17(21)16(12(2)3)11-20(15,6)14(18)5/h7-8,14,18H,9-11H2,1-6H3. The van der Waals surface area contributed by atoms with Crippen LogP contribution in [-0.4, -0.2) is 17.9 Å². The molecule has 2 rings (SSSR count). The van der Waals surface area contributed by atoms with Crippen LogP contribution in [0.5, 0.6) is 0 Å². The van der Waals surface area contributed by atoms with Crippen molar-refractivity contribution in [3.63, 3.8) is 0 Å². The van der Waals surface area contributed by atoms with Crippen LogP contribution in [0.2, 0.25) is 0 Å². The number of carbonyl (C=O) groups is 2. The van der Waals surface area contributed by atoms with Gasteiger partial charge in [0.1, 0.15) is 6.10 Å². The van der Waals surface area contributed by atoms with Crippen LogP contribution in [-0.2, 0) is 14.3 Å². The first-order valence-electron chi connectivity index (χ1n) is 8.43. The Balaban J connectivity index is 2.29. The zero-order chi connectivity index (χ0) is 17.4. The summed E-state index contributed by atoms with van der Waals surface area (Å²) >= 11 is 0. The van der Waals surface area contributed by atoms with E-state index in [9.17, 15) is 9.59 Å². The van der Waals surface area contributed by atoms with Gasteiger partial charge in [-0.1, -0.05) is 37.1 Å². The molecule has 0 aromatic rings. The Morgan fingerprint density at radius 3 is 2.57 bits per heavy atom. The van der Waals surface area contributed by atoms with E-state index in [0.29, 0.717) is 18.4 Å². The molecule has 1 fully saturated rings. The fraction of sp³-hybridized carbons (Fsp3) is 0.600. The van der Waals surface area contributed by atoms with Crippen molar-refractivity contribution in [2.45, 2.75) is 66.9 Å². The van der Waals surface area contributed by atoms with Crippen LogP contribution in [0.15, 0.2) is 34.4 Å². The van der Waals surface area contributed by atoms with Crippen LogP contribution in [0, 0.1) is 11.3 Å². The molecule has 0 aromatic heterocycles. The summed E-state index contributed by atoms with van der Waals surface area (Å²) in [5.41, 5.74) is 3.81. The number of hydrogen-bond acceptors (Lipinski definition) is 3. The summed E-state index contributed by atoms with van der Waals surface area (Å²) in [5.74, 6) is 0.207. The van der Waals surface area contributed by atoms with Crippen LogP contribution in [0.25, 0.3) is 0 Å². The van der Waals surface area contributed by atoms with Crippen molar-refractivity contribution < 1.29 is 14.3 Å².